The number of carbonyl (C=O) groups is 1. The molecule has 0 aliphatic carbocycles. The molecule has 126 valence electrons. The maximum absolute atomic E-state index is 12.4. The Morgan fingerprint density at radius 2 is 1.68 bits per heavy atom. The Balaban J connectivity index is 1.70. The third-order valence-electron chi connectivity index (χ3n) is 4.15. The number of rotatable bonds is 4. The van der Waals surface area contributed by atoms with E-state index in [9.17, 15) is 4.79 Å². The van der Waals surface area contributed by atoms with Gasteiger partial charge in [0.1, 0.15) is 0 Å². The quantitative estimate of drug-likeness (QED) is 0.679. The minimum atomic E-state index is -0.250. The van der Waals surface area contributed by atoms with Crippen molar-refractivity contribution in [3.63, 3.8) is 0 Å². The lowest BCUT2D eigenvalue weighted by atomic mass is 10.0. The lowest BCUT2D eigenvalue weighted by molar-refractivity contribution is -0.117. The summed E-state index contributed by atoms with van der Waals surface area (Å²) >= 11 is 5.90. The minimum absolute atomic E-state index is 0.0465. The molecule has 0 saturated heterocycles. The summed E-state index contributed by atoms with van der Waals surface area (Å²) in [7, 11) is 0. The van der Waals surface area contributed by atoms with Gasteiger partial charge in [0.15, 0.2) is 0 Å². The number of carbonyl (C=O) groups excluding carboxylic acids is 1. The zero-order valence-electron chi connectivity index (χ0n) is 14.2. The highest BCUT2D eigenvalue weighted by Gasteiger charge is 2.15. The number of aryl methyl sites for hydroxylation is 1. The van der Waals surface area contributed by atoms with Crippen molar-refractivity contribution in [3.8, 4) is 11.1 Å². The van der Waals surface area contributed by atoms with E-state index in [-0.39, 0.29) is 11.8 Å². The van der Waals surface area contributed by atoms with E-state index in [2.05, 4.69) is 10.3 Å². The second kappa shape index (κ2) is 7.49. The van der Waals surface area contributed by atoms with Crippen LogP contribution in [0.3, 0.4) is 0 Å². The molecule has 0 spiro atoms. The molecule has 0 saturated carbocycles. The number of pyridine rings is 1. The number of anilines is 1. The van der Waals surface area contributed by atoms with Crippen molar-refractivity contribution < 1.29 is 4.79 Å². The number of nitrogens with one attached hydrogen (secondary N) is 1. The van der Waals surface area contributed by atoms with Crippen LogP contribution in [-0.2, 0) is 4.79 Å². The van der Waals surface area contributed by atoms with Crippen LogP contribution >= 0.6 is 11.6 Å². The predicted molar refractivity (Wildman–Crippen MR) is 103 cm³/mol. The second-order valence-corrected chi connectivity index (χ2v) is 6.46. The lowest BCUT2D eigenvalue weighted by Gasteiger charge is -2.13. The molecule has 2 aromatic carbocycles. The predicted octanol–water partition coefficient (Wildman–Crippen LogP) is 5.45. The molecule has 0 aliphatic rings. The summed E-state index contributed by atoms with van der Waals surface area (Å²) in [5.41, 5.74) is 4.90. The van der Waals surface area contributed by atoms with Crippen molar-refractivity contribution in [3.05, 3.63) is 83.1 Å². The maximum Gasteiger partial charge on any atom is 0.231 e. The Kier molecular flexibility index (Phi) is 5.15. The maximum atomic E-state index is 12.4. The summed E-state index contributed by atoms with van der Waals surface area (Å²) in [6.45, 7) is 3.85. The number of hydrogen-bond donors (Lipinski definition) is 1. The van der Waals surface area contributed by atoms with Gasteiger partial charge in [0, 0.05) is 22.6 Å². The van der Waals surface area contributed by atoms with E-state index < -0.39 is 0 Å². The lowest BCUT2D eigenvalue weighted by Crippen LogP contribution is -2.18. The molecular weight excluding hydrogens is 332 g/mol. The third kappa shape index (κ3) is 4.25. The molecule has 0 radical (unpaired) electrons. The Hall–Kier alpha value is -2.65. The van der Waals surface area contributed by atoms with Gasteiger partial charge in [-0.05, 0) is 66.9 Å². The molecule has 1 N–H and O–H groups in total. The monoisotopic (exact) mass is 350 g/mol. The highest BCUT2D eigenvalue weighted by molar-refractivity contribution is 6.30. The molecule has 0 bridgehead atoms. The van der Waals surface area contributed by atoms with Crippen LogP contribution in [0.15, 0.2) is 66.9 Å². The first-order valence-corrected chi connectivity index (χ1v) is 8.50. The van der Waals surface area contributed by atoms with Crippen LogP contribution in [0.4, 0.5) is 5.69 Å². The largest absolute Gasteiger partial charge is 0.326 e. The van der Waals surface area contributed by atoms with Crippen molar-refractivity contribution in [2.24, 2.45) is 0 Å². The van der Waals surface area contributed by atoms with Crippen molar-refractivity contribution >= 4 is 23.2 Å². The molecular formula is C21H19ClN2O. The van der Waals surface area contributed by atoms with Crippen LogP contribution in [-0.4, -0.2) is 10.9 Å². The van der Waals surface area contributed by atoms with E-state index in [1.54, 1.807) is 18.3 Å². The number of benzene rings is 2. The summed E-state index contributed by atoms with van der Waals surface area (Å²) < 4.78 is 0. The number of amides is 1. The molecule has 0 unspecified atom stereocenters. The van der Waals surface area contributed by atoms with Gasteiger partial charge >= 0.3 is 0 Å². The first-order valence-electron chi connectivity index (χ1n) is 8.12. The molecule has 4 heteroatoms. The van der Waals surface area contributed by atoms with Gasteiger partial charge < -0.3 is 5.32 Å². The summed E-state index contributed by atoms with van der Waals surface area (Å²) in [6.07, 6.45) is 1.80. The minimum Gasteiger partial charge on any atom is -0.326 e. The van der Waals surface area contributed by atoms with E-state index in [4.69, 9.17) is 11.6 Å². The van der Waals surface area contributed by atoms with Gasteiger partial charge in [0.2, 0.25) is 5.91 Å². The van der Waals surface area contributed by atoms with Crippen molar-refractivity contribution in [2.45, 2.75) is 19.8 Å². The topological polar surface area (TPSA) is 42.0 Å². The average molecular weight is 351 g/mol. The van der Waals surface area contributed by atoms with Crippen LogP contribution in [0.1, 0.15) is 24.1 Å². The fourth-order valence-corrected chi connectivity index (χ4v) is 2.75. The van der Waals surface area contributed by atoms with Gasteiger partial charge in [-0.2, -0.15) is 0 Å². The molecule has 3 rings (SSSR count). The summed E-state index contributed by atoms with van der Waals surface area (Å²) in [5.74, 6) is -0.297. The van der Waals surface area contributed by atoms with Crippen molar-refractivity contribution in [1.82, 2.24) is 4.98 Å². The molecule has 25 heavy (non-hydrogen) atoms. The molecule has 1 atom stereocenters. The number of hydrogen-bond acceptors (Lipinski definition) is 2. The van der Waals surface area contributed by atoms with Crippen LogP contribution in [0.2, 0.25) is 5.02 Å². The fourth-order valence-electron chi connectivity index (χ4n) is 2.62. The first kappa shape index (κ1) is 17.2. The Bertz CT molecular complexity index is 873. The molecule has 1 heterocycles. The Labute approximate surface area is 152 Å². The van der Waals surface area contributed by atoms with Gasteiger partial charge in [-0.25, -0.2) is 0 Å². The number of aromatic nitrogens is 1. The van der Waals surface area contributed by atoms with Crippen LogP contribution in [0.5, 0.6) is 0 Å². The van der Waals surface area contributed by atoms with E-state index >= 15 is 0 Å². The van der Waals surface area contributed by atoms with Crippen LogP contribution < -0.4 is 5.32 Å². The smallest absolute Gasteiger partial charge is 0.231 e. The van der Waals surface area contributed by atoms with Gasteiger partial charge in [0.25, 0.3) is 0 Å². The second-order valence-electron chi connectivity index (χ2n) is 6.03. The van der Waals surface area contributed by atoms with E-state index in [0.717, 1.165) is 28.1 Å². The molecule has 0 fully saturated rings. The standard InChI is InChI=1S/C21H19ClN2O/c1-14-13-18(11-12-23-14)17-5-9-20(10-6-17)24-21(25)15(2)16-3-7-19(22)8-4-16/h3-13,15H,1-2H3,(H,24,25)/t15-/m0/s1. The van der Waals surface area contributed by atoms with E-state index in [0.29, 0.717) is 5.02 Å². The third-order valence-corrected chi connectivity index (χ3v) is 4.40. The molecule has 1 aromatic heterocycles. The van der Waals surface area contributed by atoms with Gasteiger partial charge in [-0.3, -0.25) is 9.78 Å². The summed E-state index contributed by atoms with van der Waals surface area (Å²) in [6, 6.07) is 19.2. The van der Waals surface area contributed by atoms with E-state index in [1.165, 1.54) is 0 Å². The Morgan fingerprint density at radius 1 is 1.00 bits per heavy atom. The molecule has 3 nitrogen and oxygen atoms in total. The SMILES string of the molecule is Cc1cc(-c2ccc(NC(=O)[C@@H](C)c3ccc(Cl)cc3)cc2)ccn1. The number of halogens is 1. The summed E-state index contributed by atoms with van der Waals surface area (Å²) in [4.78, 5) is 16.7. The zero-order valence-corrected chi connectivity index (χ0v) is 14.9. The molecule has 1 amide bonds. The fraction of sp³-hybridized carbons (Fsp3) is 0.143. The normalized spacial score (nSPS) is 11.8. The van der Waals surface area contributed by atoms with Crippen molar-refractivity contribution in [2.75, 3.05) is 5.32 Å². The first-order chi connectivity index (χ1) is 12.0. The molecule has 3 aromatic rings. The van der Waals surface area contributed by atoms with Gasteiger partial charge in [-0.1, -0.05) is 35.9 Å². The highest BCUT2D eigenvalue weighted by atomic mass is 35.5. The zero-order chi connectivity index (χ0) is 17.8. The average Bonchev–Trinajstić information content (AvgIpc) is 2.62. The number of nitrogens with zero attached hydrogens (tertiary/aromatic N) is 1. The van der Waals surface area contributed by atoms with Crippen LogP contribution in [0, 0.1) is 6.92 Å². The van der Waals surface area contributed by atoms with Gasteiger partial charge in [-0.15, -0.1) is 0 Å². The molecule has 0 aliphatic heterocycles. The van der Waals surface area contributed by atoms with Crippen molar-refractivity contribution in [1.29, 1.82) is 0 Å². The highest BCUT2D eigenvalue weighted by Crippen LogP contribution is 2.23. The van der Waals surface area contributed by atoms with E-state index in [1.807, 2.05) is 62.4 Å². The van der Waals surface area contributed by atoms with Gasteiger partial charge in [0.05, 0.1) is 5.92 Å². The summed E-state index contributed by atoms with van der Waals surface area (Å²) in [5, 5.41) is 3.63. The Morgan fingerprint density at radius 3 is 2.32 bits per heavy atom. The van der Waals surface area contributed by atoms with Crippen LogP contribution in [0.25, 0.3) is 11.1 Å².